The molecule has 0 aromatic carbocycles. The van der Waals surface area contributed by atoms with Crippen LogP contribution in [0.5, 0.6) is 0 Å². The average Bonchev–Trinajstić information content (AvgIpc) is 2.05. The number of hydrogen-bond donors (Lipinski definition) is 0. The predicted octanol–water partition coefficient (Wildman–Crippen LogP) is 2.66. The lowest BCUT2D eigenvalue weighted by atomic mass is 9.90. The number of quaternary nitrogens is 1. The van der Waals surface area contributed by atoms with Crippen LogP contribution in [0.4, 0.5) is 0 Å². The Labute approximate surface area is 77.4 Å². The van der Waals surface area contributed by atoms with Crippen molar-refractivity contribution in [1.82, 2.24) is 0 Å². The van der Waals surface area contributed by atoms with Crippen LogP contribution in [0.3, 0.4) is 0 Å². The molecule has 72 valence electrons. The van der Waals surface area contributed by atoms with Gasteiger partial charge in [-0.3, -0.25) is 0 Å². The van der Waals surface area contributed by atoms with E-state index in [0.29, 0.717) is 0 Å². The summed E-state index contributed by atoms with van der Waals surface area (Å²) < 4.78 is 1.32. The molecule has 1 aliphatic heterocycles. The second kappa shape index (κ2) is 3.78. The van der Waals surface area contributed by atoms with Crippen molar-refractivity contribution in [1.29, 1.82) is 0 Å². The highest BCUT2D eigenvalue weighted by molar-refractivity contribution is 4.67. The van der Waals surface area contributed by atoms with Crippen molar-refractivity contribution in [2.45, 2.75) is 46.1 Å². The standard InChI is InChI=1S/C11H24N/c1-5-11-8-7-10(3)9-12(11,4)6-2/h10-11H,5-9H2,1-4H3/q+1. The average molecular weight is 170 g/mol. The minimum Gasteiger partial charge on any atom is -0.324 e. The van der Waals surface area contributed by atoms with E-state index in [9.17, 15) is 0 Å². The van der Waals surface area contributed by atoms with E-state index in [4.69, 9.17) is 0 Å². The molecule has 3 unspecified atom stereocenters. The van der Waals surface area contributed by atoms with Crippen LogP contribution in [0.2, 0.25) is 0 Å². The zero-order valence-electron chi connectivity index (χ0n) is 9.14. The van der Waals surface area contributed by atoms with Crippen LogP contribution in [-0.2, 0) is 0 Å². The third-order valence-electron chi connectivity index (χ3n) is 3.80. The number of piperidine rings is 1. The molecule has 0 bridgehead atoms. The first-order valence-corrected chi connectivity index (χ1v) is 5.46. The lowest BCUT2D eigenvalue weighted by Gasteiger charge is -2.46. The fourth-order valence-electron chi connectivity index (χ4n) is 2.77. The van der Waals surface area contributed by atoms with Gasteiger partial charge in [0.25, 0.3) is 0 Å². The van der Waals surface area contributed by atoms with Crippen molar-refractivity contribution in [2.24, 2.45) is 5.92 Å². The maximum absolute atomic E-state index is 2.43. The Morgan fingerprint density at radius 3 is 2.42 bits per heavy atom. The third kappa shape index (κ3) is 1.82. The van der Waals surface area contributed by atoms with Gasteiger partial charge >= 0.3 is 0 Å². The molecule has 1 aliphatic rings. The first-order chi connectivity index (χ1) is 5.62. The van der Waals surface area contributed by atoms with Crippen LogP contribution in [0.1, 0.15) is 40.0 Å². The molecule has 0 spiro atoms. The molecule has 1 heteroatoms. The quantitative estimate of drug-likeness (QED) is 0.559. The lowest BCUT2D eigenvalue weighted by molar-refractivity contribution is -0.940. The zero-order valence-corrected chi connectivity index (χ0v) is 9.14. The summed E-state index contributed by atoms with van der Waals surface area (Å²) in [6.45, 7) is 9.78. The summed E-state index contributed by atoms with van der Waals surface area (Å²) in [7, 11) is 2.43. The van der Waals surface area contributed by atoms with E-state index in [1.165, 1.54) is 36.8 Å². The van der Waals surface area contributed by atoms with Crippen molar-refractivity contribution in [3.63, 3.8) is 0 Å². The van der Waals surface area contributed by atoms with Crippen LogP contribution in [0.25, 0.3) is 0 Å². The molecule has 0 amide bonds. The van der Waals surface area contributed by atoms with E-state index in [-0.39, 0.29) is 0 Å². The highest BCUT2D eigenvalue weighted by Crippen LogP contribution is 2.28. The second-order valence-electron chi connectivity index (χ2n) is 4.72. The molecule has 1 rings (SSSR count). The summed E-state index contributed by atoms with van der Waals surface area (Å²) in [4.78, 5) is 0. The second-order valence-corrected chi connectivity index (χ2v) is 4.72. The van der Waals surface area contributed by atoms with Crippen LogP contribution in [-0.4, -0.2) is 30.7 Å². The molecule has 0 saturated carbocycles. The molecular weight excluding hydrogens is 146 g/mol. The van der Waals surface area contributed by atoms with Gasteiger partial charge in [-0.05, 0) is 26.2 Å². The lowest BCUT2D eigenvalue weighted by Crippen LogP contribution is -2.56. The number of likely N-dealkylation sites (tertiary alicyclic amines) is 1. The fourth-order valence-corrected chi connectivity index (χ4v) is 2.77. The van der Waals surface area contributed by atoms with Gasteiger partial charge in [0, 0.05) is 5.92 Å². The van der Waals surface area contributed by atoms with Gasteiger partial charge in [0.1, 0.15) is 0 Å². The molecule has 0 N–H and O–H groups in total. The summed E-state index contributed by atoms with van der Waals surface area (Å²) in [5, 5.41) is 0. The molecule has 1 fully saturated rings. The van der Waals surface area contributed by atoms with Crippen molar-refractivity contribution in [3.8, 4) is 0 Å². The molecule has 0 aromatic heterocycles. The highest BCUT2D eigenvalue weighted by atomic mass is 15.4. The first-order valence-electron chi connectivity index (χ1n) is 5.46. The van der Waals surface area contributed by atoms with E-state index in [1.807, 2.05) is 0 Å². The largest absolute Gasteiger partial charge is 0.324 e. The highest BCUT2D eigenvalue weighted by Gasteiger charge is 2.35. The molecule has 12 heavy (non-hydrogen) atoms. The molecule has 0 aromatic rings. The first kappa shape index (κ1) is 10.0. The van der Waals surface area contributed by atoms with Crippen molar-refractivity contribution in [3.05, 3.63) is 0 Å². The van der Waals surface area contributed by atoms with Crippen molar-refractivity contribution >= 4 is 0 Å². The minimum atomic E-state index is 0.936. The number of nitrogens with zero attached hydrogens (tertiary/aromatic N) is 1. The third-order valence-corrected chi connectivity index (χ3v) is 3.80. The van der Waals surface area contributed by atoms with Crippen molar-refractivity contribution < 1.29 is 4.48 Å². The summed E-state index contributed by atoms with van der Waals surface area (Å²) in [6.07, 6.45) is 4.26. The van der Waals surface area contributed by atoms with Crippen molar-refractivity contribution in [2.75, 3.05) is 20.1 Å². The van der Waals surface area contributed by atoms with Gasteiger partial charge in [0.15, 0.2) is 0 Å². The minimum absolute atomic E-state index is 0.936. The maximum atomic E-state index is 2.43. The molecule has 0 radical (unpaired) electrons. The normalized spacial score (nSPS) is 43.0. The topological polar surface area (TPSA) is 0 Å². The van der Waals surface area contributed by atoms with Gasteiger partial charge in [-0.25, -0.2) is 0 Å². The van der Waals surface area contributed by atoms with E-state index in [0.717, 1.165) is 12.0 Å². The van der Waals surface area contributed by atoms with Gasteiger partial charge in [0.05, 0.1) is 26.2 Å². The smallest absolute Gasteiger partial charge is 0.0885 e. The Kier molecular flexibility index (Phi) is 3.16. The molecule has 1 heterocycles. The summed E-state index contributed by atoms with van der Waals surface area (Å²) in [5.41, 5.74) is 0. The number of rotatable bonds is 2. The summed E-state index contributed by atoms with van der Waals surface area (Å²) >= 11 is 0. The Bertz CT molecular complexity index is 144. The van der Waals surface area contributed by atoms with E-state index in [1.54, 1.807) is 0 Å². The maximum Gasteiger partial charge on any atom is 0.0885 e. The van der Waals surface area contributed by atoms with Crippen LogP contribution < -0.4 is 0 Å². The van der Waals surface area contributed by atoms with Crippen LogP contribution in [0.15, 0.2) is 0 Å². The Balaban J connectivity index is 2.63. The van der Waals surface area contributed by atoms with Gasteiger partial charge in [0.2, 0.25) is 0 Å². The molecule has 0 aliphatic carbocycles. The zero-order chi connectivity index (χ0) is 9.19. The van der Waals surface area contributed by atoms with E-state index in [2.05, 4.69) is 27.8 Å². The fraction of sp³-hybridized carbons (Fsp3) is 1.00. The van der Waals surface area contributed by atoms with Gasteiger partial charge < -0.3 is 4.48 Å². The molecule has 1 saturated heterocycles. The van der Waals surface area contributed by atoms with Gasteiger partial charge in [-0.15, -0.1) is 0 Å². The summed E-state index contributed by atoms with van der Waals surface area (Å²) in [6, 6.07) is 0.936. The Morgan fingerprint density at radius 2 is 1.92 bits per heavy atom. The van der Waals surface area contributed by atoms with Gasteiger partial charge in [-0.1, -0.05) is 13.8 Å². The Hall–Kier alpha value is -0.0400. The monoisotopic (exact) mass is 170 g/mol. The molecule has 3 atom stereocenters. The predicted molar refractivity (Wildman–Crippen MR) is 54.1 cm³/mol. The van der Waals surface area contributed by atoms with E-state index < -0.39 is 0 Å². The van der Waals surface area contributed by atoms with Crippen LogP contribution in [0, 0.1) is 5.92 Å². The van der Waals surface area contributed by atoms with E-state index >= 15 is 0 Å². The SMILES string of the molecule is CCC1CCC(C)C[N+]1(C)CC. The molecule has 1 nitrogen and oxygen atoms in total. The van der Waals surface area contributed by atoms with Crippen LogP contribution >= 0.6 is 0 Å². The van der Waals surface area contributed by atoms with Gasteiger partial charge in [-0.2, -0.15) is 0 Å². The molecular formula is C11H24N+. The Morgan fingerprint density at radius 1 is 1.25 bits per heavy atom. The summed E-state index contributed by atoms with van der Waals surface area (Å²) in [5.74, 6) is 0.942. The number of hydrogen-bond acceptors (Lipinski definition) is 0.